The molecule has 0 amide bonds. The van der Waals surface area contributed by atoms with Crippen LogP contribution in [0.3, 0.4) is 0 Å². The van der Waals surface area contributed by atoms with Crippen molar-refractivity contribution in [1.82, 2.24) is 10.3 Å². The van der Waals surface area contributed by atoms with Gasteiger partial charge in [0, 0.05) is 36.5 Å². The Hall–Kier alpha value is -0.750. The van der Waals surface area contributed by atoms with Gasteiger partial charge in [-0.05, 0) is 11.4 Å². The minimum atomic E-state index is 0.739. The van der Waals surface area contributed by atoms with Crippen molar-refractivity contribution in [3.8, 4) is 11.3 Å². The third kappa shape index (κ3) is 3.12. The topological polar surface area (TPSA) is 34.1 Å². The van der Waals surface area contributed by atoms with Gasteiger partial charge in [0.15, 0.2) is 0 Å². The van der Waals surface area contributed by atoms with Crippen LogP contribution in [0.15, 0.2) is 22.2 Å². The molecule has 0 bridgehead atoms. The number of thiazole rings is 1. The number of nitrogens with one attached hydrogen (secondary N) is 1. The Balaban J connectivity index is 1.88. The Bertz CT molecular complexity index is 411. The first kappa shape index (κ1) is 11.7. The Morgan fingerprint density at radius 1 is 1.44 bits per heavy atom. The molecule has 0 saturated heterocycles. The monoisotopic (exact) mass is 254 g/mol. The van der Waals surface area contributed by atoms with Crippen LogP contribution in [0.5, 0.6) is 0 Å². The molecular weight excluding hydrogens is 240 g/mol. The number of rotatable bonds is 6. The first-order chi connectivity index (χ1) is 7.90. The maximum Gasteiger partial charge on any atom is 0.107 e. The first-order valence-electron chi connectivity index (χ1n) is 5.07. The summed E-state index contributed by atoms with van der Waals surface area (Å²) in [4.78, 5) is 4.57. The van der Waals surface area contributed by atoms with Gasteiger partial charge in [-0.3, -0.25) is 0 Å². The van der Waals surface area contributed by atoms with Crippen molar-refractivity contribution in [2.75, 3.05) is 20.3 Å². The van der Waals surface area contributed by atoms with Gasteiger partial charge in [0.05, 0.1) is 12.3 Å². The van der Waals surface area contributed by atoms with Gasteiger partial charge < -0.3 is 10.1 Å². The van der Waals surface area contributed by atoms with Crippen LogP contribution < -0.4 is 5.32 Å². The SMILES string of the molecule is COCCNCc1nc(-c2ccsc2)cs1. The molecule has 0 aromatic carbocycles. The Labute approximate surface area is 103 Å². The lowest BCUT2D eigenvalue weighted by atomic mass is 10.3. The van der Waals surface area contributed by atoms with Crippen LogP contribution in [0.1, 0.15) is 5.01 Å². The zero-order chi connectivity index (χ0) is 11.2. The van der Waals surface area contributed by atoms with Crippen molar-refractivity contribution in [3.63, 3.8) is 0 Å². The van der Waals surface area contributed by atoms with E-state index in [9.17, 15) is 0 Å². The molecule has 0 spiro atoms. The molecule has 0 aliphatic heterocycles. The molecule has 0 saturated carbocycles. The van der Waals surface area contributed by atoms with Gasteiger partial charge in [-0.25, -0.2) is 4.98 Å². The Kier molecular flexibility index (Phi) is 4.47. The smallest absolute Gasteiger partial charge is 0.107 e. The van der Waals surface area contributed by atoms with Gasteiger partial charge >= 0.3 is 0 Å². The van der Waals surface area contributed by atoms with E-state index < -0.39 is 0 Å². The van der Waals surface area contributed by atoms with Crippen LogP contribution in [-0.2, 0) is 11.3 Å². The van der Waals surface area contributed by atoms with Crippen molar-refractivity contribution >= 4 is 22.7 Å². The van der Waals surface area contributed by atoms with Crippen molar-refractivity contribution in [2.45, 2.75) is 6.54 Å². The van der Waals surface area contributed by atoms with Gasteiger partial charge in [-0.1, -0.05) is 0 Å². The van der Waals surface area contributed by atoms with Crippen molar-refractivity contribution in [1.29, 1.82) is 0 Å². The first-order valence-corrected chi connectivity index (χ1v) is 6.89. The van der Waals surface area contributed by atoms with E-state index in [0.717, 1.165) is 30.4 Å². The summed E-state index contributed by atoms with van der Waals surface area (Å²) in [5, 5.41) is 10.7. The van der Waals surface area contributed by atoms with Crippen LogP contribution in [0.2, 0.25) is 0 Å². The van der Waals surface area contributed by atoms with E-state index in [1.807, 2.05) is 0 Å². The third-order valence-electron chi connectivity index (χ3n) is 2.13. The second kappa shape index (κ2) is 6.10. The molecule has 3 nitrogen and oxygen atoms in total. The van der Waals surface area contributed by atoms with Crippen molar-refractivity contribution < 1.29 is 4.74 Å². The number of hydrogen-bond acceptors (Lipinski definition) is 5. The zero-order valence-corrected chi connectivity index (χ0v) is 10.7. The standard InChI is InChI=1S/C11H14N2OS2/c1-14-4-3-12-6-11-13-10(8-16-11)9-2-5-15-7-9/h2,5,7-8,12H,3-4,6H2,1H3. The Morgan fingerprint density at radius 3 is 3.12 bits per heavy atom. The summed E-state index contributed by atoms with van der Waals surface area (Å²) in [7, 11) is 1.71. The maximum atomic E-state index is 4.97. The molecule has 86 valence electrons. The fourth-order valence-corrected chi connectivity index (χ4v) is 2.73. The highest BCUT2D eigenvalue weighted by Crippen LogP contribution is 2.23. The summed E-state index contributed by atoms with van der Waals surface area (Å²) < 4.78 is 4.97. The van der Waals surface area contributed by atoms with E-state index in [4.69, 9.17) is 4.74 Å². The molecule has 0 fully saturated rings. The summed E-state index contributed by atoms with van der Waals surface area (Å²) in [6.45, 7) is 2.42. The molecule has 5 heteroatoms. The lowest BCUT2D eigenvalue weighted by Crippen LogP contribution is -2.18. The maximum absolute atomic E-state index is 4.97. The fraction of sp³-hybridized carbons (Fsp3) is 0.364. The second-order valence-electron chi connectivity index (χ2n) is 3.31. The normalized spacial score (nSPS) is 10.8. The summed E-state index contributed by atoms with van der Waals surface area (Å²) in [5.41, 5.74) is 2.29. The number of hydrogen-bond donors (Lipinski definition) is 1. The molecule has 1 N–H and O–H groups in total. The van der Waals surface area contributed by atoms with E-state index in [1.54, 1.807) is 29.8 Å². The number of aromatic nitrogens is 1. The molecule has 0 radical (unpaired) electrons. The number of nitrogens with zero attached hydrogens (tertiary/aromatic N) is 1. The van der Waals surface area contributed by atoms with E-state index in [0.29, 0.717) is 0 Å². The molecule has 2 rings (SSSR count). The van der Waals surface area contributed by atoms with Crippen molar-refractivity contribution in [2.24, 2.45) is 0 Å². The predicted octanol–water partition coefficient (Wildman–Crippen LogP) is 2.61. The number of methoxy groups -OCH3 is 1. The summed E-state index contributed by atoms with van der Waals surface area (Å²) in [6, 6.07) is 2.10. The highest BCUT2D eigenvalue weighted by atomic mass is 32.1. The predicted molar refractivity (Wildman–Crippen MR) is 69.0 cm³/mol. The van der Waals surface area contributed by atoms with Gasteiger partial charge in [-0.2, -0.15) is 11.3 Å². The van der Waals surface area contributed by atoms with Gasteiger partial charge in [0.2, 0.25) is 0 Å². The highest BCUT2D eigenvalue weighted by Gasteiger charge is 2.04. The summed E-state index contributed by atoms with van der Waals surface area (Å²) in [6.07, 6.45) is 0. The summed E-state index contributed by atoms with van der Waals surface area (Å²) >= 11 is 3.40. The molecule has 0 atom stereocenters. The summed E-state index contributed by atoms with van der Waals surface area (Å²) in [5.74, 6) is 0. The van der Waals surface area contributed by atoms with Crippen molar-refractivity contribution in [3.05, 3.63) is 27.2 Å². The number of thiophene rings is 1. The van der Waals surface area contributed by atoms with E-state index >= 15 is 0 Å². The highest BCUT2D eigenvalue weighted by molar-refractivity contribution is 7.10. The molecule has 2 aromatic heterocycles. The molecule has 0 aliphatic carbocycles. The fourth-order valence-electron chi connectivity index (χ4n) is 1.30. The van der Waals surface area contributed by atoms with Gasteiger partial charge in [0.1, 0.15) is 5.01 Å². The van der Waals surface area contributed by atoms with Gasteiger partial charge in [0.25, 0.3) is 0 Å². The van der Waals surface area contributed by atoms with Gasteiger partial charge in [-0.15, -0.1) is 11.3 Å². The van der Waals surface area contributed by atoms with E-state index in [-0.39, 0.29) is 0 Å². The van der Waals surface area contributed by atoms with Crippen LogP contribution in [0, 0.1) is 0 Å². The minimum absolute atomic E-state index is 0.739. The number of ether oxygens (including phenoxy) is 1. The van der Waals surface area contributed by atoms with E-state index in [2.05, 4.69) is 32.5 Å². The second-order valence-corrected chi connectivity index (χ2v) is 5.03. The molecule has 2 heterocycles. The largest absolute Gasteiger partial charge is 0.383 e. The molecule has 2 aromatic rings. The minimum Gasteiger partial charge on any atom is -0.383 e. The lowest BCUT2D eigenvalue weighted by molar-refractivity contribution is 0.199. The molecule has 0 aliphatic rings. The zero-order valence-electron chi connectivity index (χ0n) is 9.10. The average molecular weight is 254 g/mol. The van der Waals surface area contributed by atoms with Crippen LogP contribution in [0.25, 0.3) is 11.3 Å². The Morgan fingerprint density at radius 2 is 2.38 bits per heavy atom. The average Bonchev–Trinajstić information content (AvgIpc) is 2.94. The molecule has 16 heavy (non-hydrogen) atoms. The quantitative estimate of drug-likeness (QED) is 0.805. The van der Waals surface area contributed by atoms with E-state index in [1.165, 1.54) is 5.56 Å². The van der Waals surface area contributed by atoms with Crippen LogP contribution >= 0.6 is 22.7 Å². The lowest BCUT2D eigenvalue weighted by Gasteiger charge is -2.00. The van der Waals surface area contributed by atoms with Crippen LogP contribution in [-0.4, -0.2) is 25.2 Å². The molecular formula is C11H14N2OS2. The molecule has 0 unspecified atom stereocenters. The third-order valence-corrected chi connectivity index (χ3v) is 3.66. The van der Waals surface area contributed by atoms with Crippen LogP contribution in [0.4, 0.5) is 0 Å².